The van der Waals surface area contributed by atoms with Crippen molar-refractivity contribution in [2.24, 2.45) is 5.92 Å². The Morgan fingerprint density at radius 3 is 2.89 bits per heavy atom. The smallest absolute Gasteiger partial charge is 0.267 e. The van der Waals surface area contributed by atoms with Crippen LogP contribution in [0.5, 0.6) is 0 Å². The molecule has 2 unspecified atom stereocenters. The lowest BCUT2D eigenvalue weighted by molar-refractivity contribution is 0.00588. The standard InChI is InChI=1S/C13H19N3O2/c1-4-9(2)13(3,18)8-16-12(17)11-5-10(6-14)7-15-11/h5,7,9,15,18H,4,8H2,1-3H3,(H,16,17). The van der Waals surface area contributed by atoms with Gasteiger partial charge in [-0.2, -0.15) is 5.26 Å². The van der Waals surface area contributed by atoms with Gasteiger partial charge in [0.15, 0.2) is 0 Å². The van der Waals surface area contributed by atoms with Crippen LogP contribution >= 0.6 is 0 Å². The number of aromatic amines is 1. The van der Waals surface area contributed by atoms with Crippen LogP contribution < -0.4 is 5.32 Å². The second kappa shape index (κ2) is 5.69. The molecule has 18 heavy (non-hydrogen) atoms. The van der Waals surface area contributed by atoms with Crippen molar-refractivity contribution in [2.75, 3.05) is 6.54 Å². The number of carbonyl (C=O) groups excluding carboxylic acids is 1. The van der Waals surface area contributed by atoms with Gasteiger partial charge in [0.1, 0.15) is 11.8 Å². The second-order valence-electron chi connectivity index (χ2n) is 4.76. The summed E-state index contributed by atoms with van der Waals surface area (Å²) in [5, 5.41) is 21.5. The van der Waals surface area contributed by atoms with Crippen molar-refractivity contribution < 1.29 is 9.90 Å². The fourth-order valence-corrected chi connectivity index (χ4v) is 1.56. The lowest BCUT2D eigenvalue weighted by Crippen LogP contribution is -2.45. The van der Waals surface area contributed by atoms with Crippen LogP contribution in [0, 0.1) is 17.2 Å². The number of nitrogens with zero attached hydrogens (tertiary/aromatic N) is 1. The highest BCUT2D eigenvalue weighted by atomic mass is 16.3. The van der Waals surface area contributed by atoms with Gasteiger partial charge in [-0.1, -0.05) is 20.3 Å². The normalized spacial score (nSPS) is 15.5. The fraction of sp³-hybridized carbons (Fsp3) is 0.538. The van der Waals surface area contributed by atoms with Crippen LogP contribution in [0.4, 0.5) is 0 Å². The van der Waals surface area contributed by atoms with E-state index in [2.05, 4.69) is 10.3 Å². The van der Waals surface area contributed by atoms with Gasteiger partial charge in [-0.25, -0.2) is 0 Å². The van der Waals surface area contributed by atoms with E-state index in [0.717, 1.165) is 6.42 Å². The molecule has 3 N–H and O–H groups in total. The molecule has 5 heteroatoms. The Kier molecular flexibility index (Phi) is 4.51. The van der Waals surface area contributed by atoms with E-state index in [1.807, 2.05) is 19.9 Å². The Labute approximate surface area is 107 Å². The van der Waals surface area contributed by atoms with Crippen LogP contribution in [-0.2, 0) is 0 Å². The van der Waals surface area contributed by atoms with Gasteiger partial charge in [0, 0.05) is 12.7 Å². The van der Waals surface area contributed by atoms with Gasteiger partial charge in [0.25, 0.3) is 5.91 Å². The van der Waals surface area contributed by atoms with Gasteiger partial charge in [0.05, 0.1) is 11.2 Å². The summed E-state index contributed by atoms with van der Waals surface area (Å²) >= 11 is 0. The number of hydrogen-bond acceptors (Lipinski definition) is 3. The molecule has 0 aliphatic heterocycles. The number of nitriles is 1. The molecule has 0 fully saturated rings. The molecular weight excluding hydrogens is 230 g/mol. The van der Waals surface area contributed by atoms with Gasteiger partial charge < -0.3 is 15.4 Å². The third-order valence-corrected chi connectivity index (χ3v) is 3.34. The molecule has 2 atom stereocenters. The van der Waals surface area contributed by atoms with Gasteiger partial charge in [-0.05, 0) is 18.9 Å². The van der Waals surface area contributed by atoms with Crippen LogP contribution in [0.2, 0.25) is 0 Å². The van der Waals surface area contributed by atoms with E-state index in [-0.39, 0.29) is 18.4 Å². The predicted molar refractivity (Wildman–Crippen MR) is 67.9 cm³/mol. The summed E-state index contributed by atoms with van der Waals surface area (Å²) in [6.45, 7) is 5.82. The summed E-state index contributed by atoms with van der Waals surface area (Å²) in [6, 6.07) is 3.42. The van der Waals surface area contributed by atoms with E-state index < -0.39 is 5.60 Å². The molecule has 0 radical (unpaired) electrons. The van der Waals surface area contributed by atoms with E-state index in [1.165, 1.54) is 12.3 Å². The summed E-state index contributed by atoms with van der Waals surface area (Å²) in [4.78, 5) is 14.5. The highest BCUT2D eigenvalue weighted by Gasteiger charge is 2.27. The largest absolute Gasteiger partial charge is 0.388 e. The van der Waals surface area contributed by atoms with Crippen molar-refractivity contribution in [3.63, 3.8) is 0 Å². The molecule has 98 valence electrons. The molecule has 1 heterocycles. The van der Waals surface area contributed by atoms with E-state index in [0.29, 0.717) is 11.3 Å². The maximum atomic E-state index is 11.8. The second-order valence-corrected chi connectivity index (χ2v) is 4.76. The average Bonchev–Trinajstić information content (AvgIpc) is 2.83. The first-order valence-electron chi connectivity index (χ1n) is 5.99. The number of amides is 1. The van der Waals surface area contributed by atoms with Crippen molar-refractivity contribution in [3.05, 3.63) is 23.5 Å². The third kappa shape index (κ3) is 3.34. The molecular formula is C13H19N3O2. The van der Waals surface area contributed by atoms with Crippen LogP contribution in [0.25, 0.3) is 0 Å². The lowest BCUT2D eigenvalue weighted by Gasteiger charge is -2.29. The summed E-state index contributed by atoms with van der Waals surface area (Å²) in [7, 11) is 0. The van der Waals surface area contributed by atoms with Crippen molar-refractivity contribution in [2.45, 2.75) is 32.8 Å². The molecule has 0 saturated heterocycles. The Balaban J connectivity index is 2.59. The lowest BCUT2D eigenvalue weighted by atomic mass is 9.88. The van der Waals surface area contributed by atoms with Crippen molar-refractivity contribution in [1.82, 2.24) is 10.3 Å². The van der Waals surface area contributed by atoms with Crippen LogP contribution in [0.15, 0.2) is 12.3 Å². The minimum atomic E-state index is -0.935. The Morgan fingerprint density at radius 2 is 2.39 bits per heavy atom. The highest BCUT2D eigenvalue weighted by Crippen LogP contribution is 2.18. The van der Waals surface area contributed by atoms with Crippen molar-refractivity contribution in [3.8, 4) is 6.07 Å². The first-order valence-corrected chi connectivity index (χ1v) is 5.99. The molecule has 0 aliphatic carbocycles. The Bertz CT molecular complexity index is 457. The van der Waals surface area contributed by atoms with E-state index in [4.69, 9.17) is 5.26 Å². The molecule has 0 spiro atoms. The maximum Gasteiger partial charge on any atom is 0.267 e. The molecule has 0 aliphatic rings. The van der Waals surface area contributed by atoms with E-state index in [1.54, 1.807) is 6.92 Å². The Hall–Kier alpha value is -1.80. The van der Waals surface area contributed by atoms with Crippen LogP contribution in [0.3, 0.4) is 0 Å². The maximum absolute atomic E-state index is 11.8. The van der Waals surface area contributed by atoms with E-state index in [9.17, 15) is 9.90 Å². The molecule has 0 saturated carbocycles. The van der Waals surface area contributed by atoms with Gasteiger partial charge in [-0.15, -0.1) is 0 Å². The molecule has 0 aromatic carbocycles. The number of H-pyrrole nitrogens is 1. The summed E-state index contributed by atoms with van der Waals surface area (Å²) in [5.41, 5.74) is -0.199. The quantitative estimate of drug-likeness (QED) is 0.737. The molecule has 1 amide bonds. The van der Waals surface area contributed by atoms with Crippen LogP contribution in [-0.4, -0.2) is 28.1 Å². The summed E-state index contributed by atoms with van der Waals surface area (Å²) in [6.07, 6.45) is 2.31. The number of aromatic nitrogens is 1. The first-order chi connectivity index (χ1) is 8.40. The zero-order valence-electron chi connectivity index (χ0n) is 10.9. The molecule has 1 rings (SSSR count). The topological polar surface area (TPSA) is 88.9 Å². The van der Waals surface area contributed by atoms with Gasteiger partial charge in [0.2, 0.25) is 0 Å². The zero-order chi connectivity index (χ0) is 13.8. The first kappa shape index (κ1) is 14.3. The number of aliphatic hydroxyl groups is 1. The summed E-state index contributed by atoms with van der Waals surface area (Å²) < 4.78 is 0. The monoisotopic (exact) mass is 249 g/mol. The van der Waals surface area contributed by atoms with Gasteiger partial charge >= 0.3 is 0 Å². The minimum absolute atomic E-state index is 0.0936. The van der Waals surface area contributed by atoms with Crippen molar-refractivity contribution in [1.29, 1.82) is 5.26 Å². The number of nitrogens with one attached hydrogen (secondary N) is 2. The predicted octanol–water partition coefficient (Wildman–Crippen LogP) is 1.41. The third-order valence-electron chi connectivity index (χ3n) is 3.34. The summed E-state index contributed by atoms with van der Waals surface area (Å²) in [5.74, 6) is -0.226. The fourth-order valence-electron chi connectivity index (χ4n) is 1.56. The molecule has 0 bridgehead atoms. The van der Waals surface area contributed by atoms with Crippen molar-refractivity contribution >= 4 is 5.91 Å². The number of carbonyl (C=O) groups is 1. The minimum Gasteiger partial charge on any atom is -0.388 e. The van der Waals surface area contributed by atoms with Gasteiger partial charge in [-0.3, -0.25) is 4.79 Å². The highest BCUT2D eigenvalue weighted by molar-refractivity contribution is 5.92. The number of rotatable bonds is 5. The SMILES string of the molecule is CCC(C)C(C)(O)CNC(=O)c1cc(C#N)c[nH]1. The zero-order valence-corrected chi connectivity index (χ0v) is 10.9. The molecule has 5 nitrogen and oxygen atoms in total. The molecule has 1 aromatic rings. The van der Waals surface area contributed by atoms with E-state index >= 15 is 0 Å². The molecule has 1 aromatic heterocycles. The number of hydrogen-bond donors (Lipinski definition) is 3. The Morgan fingerprint density at radius 1 is 1.72 bits per heavy atom. The van der Waals surface area contributed by atoms with Crippen LogP contribution in [0.1, 0.15) is 43.2 Å². The average molecular weight is 249 g/mol.